The smallest absolute Gasteiger partial charge is 0.126 e. The number of rotatable bonds is 10. The lowest BCUT2D eigenvalue weighted by Gasteiger charge is -2.34. The van der Waals surface area contributed by atoms with E-state index in [-0.39, 0.29) is 11.8 Å². The molecule has 1 heterocycles. The minimum Gasteiger partial charge on any atom is -0.494 e. The molecule has 5 rings (SSSR count). The summed E-state index contributed by atoms with van der Waals surface area (Å²) in [5.41, 5.74) is 4.85. The van der Waals surface area contributed by atoms with E-state index in [4.69, 9.17) is 25.8 Å². The number of hydrogen-bond donors (Lipinski definition) is 0. The number of ether oxygens (including phenoxy) is 3. The van der Waals surface area contributed by atoms with E-state index in [1.165, 1.54) is 16.7 Å². The summed E-state index contributed by atoms with van der Waals surface area (Å²) in [6, 6.07) is 35.6. The third-order valence-corrected chi connectivity index (χ3v) is 6.92. The van der Waals surface area contributed by atoms with Gasteiger partial charge in [0.1, 0.15) is 23.9 Å². The van der Waals surface area contributed by atoms with Gasteiger partial charge in [-0.05, 0) is 47.7 Å². The van der Waals surface area contributed by atoms with E-state index in [0.29, 0.717) is 25.7 Å². The van der Waals surface area contributed by atoms with Gasteiger partial charge in [0, 0.05) is 29.3 Å². The molecule has 2 atom stereocenters. The highest BCUT2D eigenvalue weighted by Gasteiger charge is 2.33. The van der Waals surface area contributed by atoms with Gasteiger partial charge in [-0.3, -0.25) is 0 Å². The molecule has 0 fully saturated rings. The highest BCUT2D eigenvalue weighted by molar-refractivity contribution is 6.17. The lowest BCUT2D eigenvalue weighted by molar-refractivity contribution is 0.245. The maximum absolute atomic E-state index is 6.32. The zero-order chi connectivity index (χ0) is 24.6. The van der Waals surface area contributed by atoms with Crippen LogP contribution in [0.15, 0.2) is 103 Å². The van der Waals surface area contributed by atoms with Crippen LogP contribution in [0.1, 0.15) is 46.9 Å². The van der Waals surface area contributed by atoms with Gasteiger partial charge in [0.05, 0.1) is 13.2 Å². The van der Waals surface area contributed by atoms with Crippen LogP contribution in [0.2, 0.25) is 0 Å². The third-order valence-electron chi connectivity index (χ3n) is 6.65. The van der Waals surface area contributed by atoms with Crippen LogP contribution in [-0.4, -0.2) is 19.1 Å². The van der Waals surface area contributed by atoms with Crippen molar-refractivity contribution in [1.29, 1.82) is 0 Å². The lowest BCUT2D eigenvalue weighted by atomic mass is 9.76. The molecule has 36 heavy (non-hydrogen) atoms. The summed E-state index contributed by atoms with van der Waals surface area (Å²) in [6.07, 6.45) is 1.93. The normalized spacial score (nSPS) is 16.6. The van der Waals surface area contributed by atoms with Crippen LogP contribution < -0.4 is 14.2 Å². The van der Waals surface area contributed by atoms with Crippen molar-refractivity contribution in [3.05, 3.63) is 125 Å². The molecule has 1 aliphatic rings. The van der Waals surface area contributed by atoms with E-state index >= 15 is 0 Å². The topological polar surface area (TPSA) is 27.7 Å². The zero-order valence-corrected chi connectivity index (χ0v) is 21.1. The molecule has 184 valence electrons. The standard InChI is InChI=1S/C32H31ClO3/c33-19-7-8-20-34-27-15-13-26(14-16-27)32-29-18-17-28(35-22-24-9-3-1-4-10-24)21-31(29)36-23-30(32)25-11-5-2-6-12-25/h1-6,9-18,21,30,32H,7-8,19-20,22-23H2/t30-,32-/m0/s1. The molecule has 1 aliphatic heterocycles. The van der Waals surface area contributed by atoms with Crippen molar-refractivity contribution < 1.29 is 14.2 Å². The highest BCUT2D eigenvalue weighted by atomic mass is 35.5. The summed E-state index contributed by atoms with van der Waals surface area (Å²) >= 11 is 5.78. The van der Waals surface area contributed by atoms with Gasteiger partial charge >= 0.3 is 0 Å². The van der Waals surface area contributed by atoms with Crippen molar-refractivity contribution in [2.45, 2.75) is 31.3 Å². The monoisotopic (exact) mass is 498 g/mol. The van der Waals surface area contributed by atoms with Crippen molar-refractivity contribution in [2.24, 2.45) is 0 Å². The van der Waals surface area contributed by atoms with E-state index < -0.39 is 0 Å². The van der Waals surface area contributed by atoms with E-state index in [0.717, 1.165) is 35.7 Å². The molecule has 0 radical (unpaired) electrons. The van der Waals surface area contributed by atoms with Crippen LogP contribution in [0.25, 0.3) is 0 Å². The Morgan fingerprint density at radius 3 is 2.19 bits per heavy atom. The minimum atomic E-state index is 0.171. The number of unbranched alkanes of at least 4 members (excludes halogenated alkanes) is 1. The Labute approximate surface area is 218 Å². The molecule has 4 heteroatoms. The summed E-state index contributed by atoms with van der Waals surface area (Å²) in [7, 11) is 0. The van der Waals surface area contributed by atoms with Gasteiger partial charge in [-0.2, -0.15) is 0 Å². The number of halogens is 1. The van der Waals surface area contributed by atoms with Gasteiger partial charge < -0.3 is 14.2 Å². The second-order valence-corrected chi connectivity index (χ2v) is 9.47. The van der Waals surface area contributed by atoms with Gasteiger partial charge in [-0.15, -0.1) is 11.6 Å². The van der Waals surface area contributed by atoms with Crippen LogP contribution in [0, 0.1) is 0 Å². The summed E-state index contributed by atoms with van der Waals surface area (Å²) in [5.74, 6) is 3.65. The molecule has 0 bridgehead atoms. The van der Waals surface area contributed by atoms with Crippen LogP contribution in [0.4, 0.5) is 0 Å². The Balaban J connectivity index is 1.40. The van der Waals surface area contributed by atoms with Crippen molar-refractivity contribution in [2.75, 3.05) is 19.1 Å². The van der Waals surface area contributed by atoms with E-state index in [1.807, 2.05) is 24.3 Å². The SMILES string of the molecule is ClCCCCOc1ccc([C@H]2c3ccc(OCc4ccccc4)cc3OC[C@H]2c2ccccc2)cc1. The van der Waals surface area contributed by atoms with Gasteiger partial charge in [0.15, 0.2) is 0 Å². The lowest BCUT2D eigenvalue weighted by Crippen LogP contribution is -2.25. The second kappa shape index (κ2) is 12.0. The zero-order valence-electron chi connectivity index (χ0n) is 20.3. The molecule has 0 unspecified atom stereocenters. The molecular formula is C32H31ClO3. The first kappa shape index (κ1) is 24.3. The fraction of sp³-hybridized carbons (Fsp3) is 0.250. The summed E-state index contributed by atoms with van der Waals surface area (Å²) in [5, 5.41) is 0. The van der Waals surface area contributed by atoms with Gasteiger partial charge in [0.25, 0.3) is 0 Å². The number of hydrogen-bond acceptors (Lipinski definition) is 3. The van der Waals surface area contributed by atoms with Crippen LogP contribution in [0.5, 0.6) is 17.2 Å². The minimum absolute atomic E-state index is 0.171. The molecule has 3 nitrogen and oxygen atoms in total. The molecule has 0 saturated carbocycles. The largest absolute Gasteiger partial charge is 0.494 e. The molecule has 0 aromatic heterocycles. The van der Waals surface area contributed by atoms with Crippen LogP contribution in [-0.2, 0) is 6.61 Å². The molecule has 4 aromatic carbocycles. The Morgan fingerprint density at radius 1 is 0.722 bits per heavy atom. The fourth-order valence-electron chi connectivity index (χ4n) is 4.78. The van der Waals surface area contributed by atoms with Crippen LogP contribution >= 0.6 is 11.6 Å². The number of benzene rings is 4. The average Bonchev–Trinajstić information content (AvgIpc) is 2.95. The van der Waals surface area contributed by atoms with E-state index in [1.54, 1.807) is 0 Å². The van der Waals surface area contributed by atoms with E-state index in [2.05, 4.69) is 78.9 Å². The summed E-state index contributed by atoms with van der Waals surface area (Å²) in [6.45, 7) is 1.83. The third kappa shape index (κ3) is 5.85. The van der Waals surface area contributed by atoms with Crippen molar-refractivity contribution in [3.63, 3.8) is 0 Å². The number of alkyl halides is 1. The molecule has 0 spiro atoms. The molecular weight excluding hydrogens is 468 g/mol. The second-order valence-electron chi connectivity index (χ2n) is 9.09. The van der Waals surface area contributed by atoms with Gasteiger partial charge in [-0.25, -0.2) is 0 Å². The first-order valence-electron chi connectivity index (χ1n) is 12.6. The van der Waals surface area contributed by atoms with Gasteiger partial charge in [-0.1, -0.05) is 78.9 Å². The van der Waals surface area contributed by atoms with Gasteiger partial charge in [0.2, 0.25) is 0 Å². The Morgan fingerprint density at radius 2 is 1.44 bits per heavy atom. The maximum Gasteiger partial charge on any atom is 0.126 e. The van der Waals surface area contributed by atoms with E-state index in [9.17, 15) is 0 Å². The quantitative estimate of drug-likeness (QED) is 0.164. The molecule has 4 aromatic rings. The molecule has 0 N–H and O–H groups in total. The first-order chi connectivity index (χ1) is 17.8. The summed E-state index contributed by atoms with van der Waals surface area (Å²) in [4.78, 5) is 0. The average molecular weight is 499 g/mol. The Kier molecular flexibility index (Phi) is 8.10. The summed E-state index contributed by atoms with van der Waals surface area (Å²) < 4.78 is 18.3. The fourth-order valence-corrected chi connectivity index (χ4v) is 4.97. The Bertz CT molecular complexity index is 1230. The molecule has 0 saturated heterocycles. The predicted octanol–water partition coefficient (Wildman–Crippen LogP) is 7.97. The van der Waals surface area contributed by atoms with Crippen molar-refractivity contribution in [3.8, 4) is 17.2 Å². The predicted molar refractivity (Wildman–Crippen MR) is 146 cm³/mol. The molecule has 0 aliphatic carbocycles. The molecule has 0 amide bonds. The van der Waals surface area contributed by atoms with Crippen molar-refractivity contribution >= 4 is 11.6 Å². The first-order valence-corrected chi connectivity index (χ1v) is 13.1. The maximum atomic E-state index is 6.32. The van der Waals surface area contributed by atoms with Crippen LogP contribution in [0.3, 0.4) is 0 Å². The van der Waals surface area contributed by atoms with Crippen molar-refractivity contribution in [1.82, 2.24) is 0 Å². The Hall–Kier alpha value is -3.43. The highest BCUT2D eigenvalue weighted by Crippen LogP contribution is 2.47. The number of fused-ring (bicyclic) bond motifs is 1.